The number of hydrazine groups is 1. The molecule has 0 amide bonds. The normalized spacial score (nSPS) is 11.8. The molecule has 5 N–H and O–H groups in total. The average Bonchev–Trinajstić information content (AvgIpc) is 3.45. The van der Waals surface area contributed by atoms with Crippen LogP contribution in [0.2, 0.25) is 0 Å². The highest BCUT2D eigenvalue weighted by Gasteiger charge is 2.19. The molecular weight excluding hydrogens is 434 g/mol. The topological polar surface area (TPSA) is 130 Å². The van der Waals surface area contributed by atoms with Gasteiger partial charge in [0.25, 0.3) is 0 Å². The Morgan fingerprint density at radius 2 is 1.70 bits per heavy atom. The summed E-state index contributed by atoms with van der Waals surface area (Å²) < 4.78 is 0.989. The van der Waals surface area contributed by atoms with Crippen LogP contribution in [0.3, 0.4) is 0 Å². The number of aromatic amines is 1. The van der Waals surface area contributed by atoms with Crippen molar-refractivity contribution >= 4 is 81.5 Å². The van der Waals surface area contributed by atoms with E-state index in [1.54, 1.807) is 23.7 Å². The number of anilines is 3. The van der Waals surface area contributed by atoms with Crippen molar-refractivity contribution in [2.24, 2.45) is 0 Å². The van der Waals surface area contributed by atoms with Crippen molar-refractivity contribution in [3.8, 4) is 0 Å². The molecule has 0 unspecified atom stereocenters. The first kappa shape index (κ1) is 18.0. The number of fused-ring (bicyclic) bond motifs is 10. The Hall–Kier alpha value is -4.57. The number of H-pyrrole nitrogens is 1. The maximum atomic E-state index is 5.75. The van der Waals surface area contributed by atoms with Crippen LogP contribution in [0.25, 0.3) is 52.9 Å². The van der Waals surface area contributed by atoms with Gasteiger partial charge >= 0.3 is 0 Å². The van der Waals surface area contributed by atoms with Crippen molar-refractivity contribution in [2.45, 2.75) is 0 Å². The van der Waals surface area contributed by atoms with Gasteiger partial charge in [0.2, 0.25) is 0 Å². The van der Waals surface area contributed by atoms with Gasteiger partial charge in [0.05, 0.1) is 15.9 Å². The van der Waals surface area contributed by atoms with Gasteiger partial charge in [0.1, 0.15) is 22.5 Å². The lowest BCUT2D eigenvalue weighted by Crippen LogP contribution is -2.09. The number of rotatable bonds is 3. The predicted molar refractivity (Wildman–Crippen MR) is 133 cm³/mol. The highest BCUT2D eigenvalue weighted by atomic mass is 32.1. The van der Waals surface area contributed by atoms with Crippen LogP contribution in [0.1, 0.15) is 0 Å². The second kappa shape index (κ2) is 6.71. The Labute approximate surface area is 189 Å². The van der Waals surface area contributed by atoms with Crippen LogP contribution in [0.4, 0.5) is 17.3 Å². The Bertz CT molecular complexity index is 1850. The summed E-state index contributed by atoms with van der Waals surface area (Å²) in [5, 5.41) is 22.5. The highest BCUT2D eigenvalue weighted by Crippen LogP contribution is 2.43. The van der Waals surface area contributed by atoms with Crippen LogP contribution < -0.4 is 16.6 Å². The van der Waals surface area contributed by atoms with Crippen molar-refractivity contribution in [3.63, 3.8) is 0 Å². The largest absolute Gasteiger partial charge is 0.384 e. The van der Waals surface area contributed by atoms with Gasteiger partial charge in [-0.25, -0.2) is 9.97 Å². The summed E-state index contributed by atoms with van der Waals surface area (Å²) in [7, 11) is 0. The minimum absolute atomic E-state index is 0.480. The minimum atomic E-state index is 0.480. The van der Waals surface area contributed by atoms with E-state index in [0.29, 0.717) is 11.6 Å². The Balaban J connectivity index is 1.61. The summed E-state index contributed by atoms with van der Waals surface area (Å²) in [5.74, 6) is 1.07. The molecule has 0 radical (unpaired) electrons. The van der Waals surface area contributed by atoms with Gasteiger partial charge in [0.15, 0.2) is 5.82 Å². The molecule has 7 rings (SSSR count). The van der Waals surface area contributed by atoms with Gasteiger partial charge in [-0.05, 0) is 22.2 Å². The van der Waals surface area contributed by atoms with Crippen LogP contribution in [0, 0.1) is 0 Å². The lowest BCUT2D eigenvalue weighted by Gasteiger charge is -2.15. The number of nitrogen functional groups attached to an aromatic ring is 1. The summed E-state index contributed by atoms with van der Waals surface area (Å²) >= 11 is 1.55. The molecule has 9 nitrogen and oxygen atoms in total. The number of hydrogen-bond donors (Lipinski definition) is 4. The molecule has 0 aliphatic carbocycles. The number of benzene rings is 3. The molecule has 0 saturated heterocycles. The fraction of sp³-hybridized carbons (Fsp3) is 0. The molecule has 7 aromatic rings. The zero-order valence-corrected chi connectivity index (χ0v) is 17.8. The average molecular weight is 450 g/mol. The van der Waals surface area contributed by atoms with Crippen LogP contribution in [-0.4, -0.2) is 30.4 Å². The summed E-state index contributed by atoms with van der Waals surface area (Å²) in [6.45, 7) is 0. The van der Waals surface area contributed by atoms with Gasteiger partial charge < -0.3 is 5.73 Å². The first-order valence-electron chi connectivity index (χ1n) is 10.2. The molecule has 33 heavy (non-hydrogen) atoms. The van der Waals surface area contributed by atoms with E-state index in [1.165, 1.54) is 0 Å². The number of nitrogens with one attached hydrogen (secondary N) is 3. The van der Waals surface area contributed by atoms with E-state index in [2.05, 4.69) is 66.4 Å². The molecule has 0 aliphatic rings. The van der Waals surface area contributed by atoms with E-state index in [0.717, 1.165) is 58.6 Å². The fourth-order valence-electron chi connectivity index (χ4n) is 4.44. The van der Waals surface area contributed by atoms with Crippen molar-refractivity contribution in [1.29, 1.82) is 0 Å². The van der Waals surface area contributed by atoms with Gasteiger partial charge in [-0.1, -0.05) is 36.4 Å². The standard InChI is InChI=1S/C23H15N9S/c24-16-8-17(30-28-16)29-27-14-7-3-6-12-11-4-1-2-5-13(11)19-20-21-15(9-25-10-26-21)33-23(20)32-31-22(19)18(12)14/h1-10,27H,(H4,24,28,29,30). The van der Waals surface area contributed by atoms with Gasteiger partial charge in [-0.3, -0.25) is 16.0 Å². The van der Waals surface area contributed by atoms with Gasteiger partial charge in [-0.2, -0.15) is 5.10 Å². The molecule has 0 aliphatic heterocycles. The van der Waals surface area contributed by atoms with E-state index in [-0.39, 0.29) is 0 Å². The van der Waals surface area contributed by atoms with Crippen LogP contribution in [0.5, 0.6) is 0 Å². The summed E-state index contributed by atoms with van der Waals surface area (Å²) in [4.78, 5) is 9.62. The van der Waals surface area contributed by atoms with E-state index in [9.17, 15) is 0 Å². The Morgan fingerprint density at radius 1 is 0.848 bits per heavy atom. The molecule has 0 spiro atoms. The van der Waals surface area contributed by atoms with Crippen LogP contribution in [0.15, 0.2) is 61.1 Å². The van der Waals surface area contributed by atoms with E-state index in [4.69, 9.17) is 10.8 Å². The molecule has 0 fully saturated rings. The zero-order valence-electron chi connectivity index (χ0n) is 17.0. The summed E-state index contributed by atoms with van der Waals surface area (Å²) in [6.07, 6.45) is 3.41. The molecule has 4 aromatic heterocycles. The number of aromatic nitrogens is 6. The van der Waals surface area contributed by atoms with Crippen molar-refractivity contribution < 1.29 is 0 Å². The number of hydrogen-bond acceptors (Lipinski definition) is 9. The molecule has 0 saturated carbocycles. The van der Waals surface area contributed by atoms with E-state index < -0.39 is 0 Å². The van der Waals surface area contributed by atoms with Gasteiger partial charge in [-0.15, -0.1) is 21.5 Å². The predicted octanol–water partition coefficient (Wildman–Crippen LogP) is 4.84. The van der Waals surface area contributed by atoms with E-state index in [1.807, 2.05) is 18.3 Å². The molecule has 10 heteroatoms. The van der Waals surface area contributed by atoms with Crippen molar-refractivity contribution in [1.82, 2.24) is 30.4 Å². The lowest BCUT2D eigenvalue weighted by atomic mass is 9.95. The summed E-state index contributed by atoms with van der Waals surface area (Å²) in [5.41, 5.74) is 14.7. The smallest absolute Gasteiger partial charge is 0.168 e. The third-order valence-electron chi connectivity index (χ3n) is 5.77. The van der Waals surface area contributed by atoms with Crippen molar-refractivity contribution in [2.75, 3.05) is 16.6 Å². The fourth-order valence-corrected chi connectivity index (χ4v) is 5.39. The first-order valence-corrected chi connectivity index (χ1v) is 11.0. The molecule has 158 valence electrons. The molecular formula is C23H15N9S. The maximum absolute atomic E-state index is 5.75. The molecule has 3 aromatic carbocycles. The monoisotopic (exact) mass is 449 g/mol. The first-order chi connectivity index (χ1) is 16.3. The number of thiophene rings is 1. The van der Waals surface area contributed by atoms with E-state index >= 15 is 0 Å². The minimum Gasteiger partial charge on any atom is -0.384 e. The molecule has 4 heterocycles. The lowest BCUT2D eigenvalue weighted by molar-refractivity contribution is 1.09. The molecule has 0 atom stereocenters. The SMILES string of the molecule is Nc1cc(NNc2cccc3c4ccccc4c4c(nnc5sc6cncnc6c54)c23)n[nH]1. The van der Waals surface area contributed by atoms with Crippen molar-refractivity contribution in [3.05, 3.63) is 61.1 Å². The van der Waals surface area contributed by atoms with Crippen LogP contribution in [-0.2, 0) is 0 Å². The third kappa shape index (κ3) is 2.61. The Morgan fingerprint density at radius 3 is 2.58 bits per heavy atom. The Kier molecular flexibility index (Phi) is 3.67. The number of nitrogens with two attached hydrogens (primary N) is 1. The highest BCUT2D eigenvalue weighted by molar-refractivity contribution is 7.25. The third-order valence-corrected chi connectivity index (χ3v) is 6.77. The zero-order chi connectivity index (χ0) is 21.9. The number of nitrogens with zero attached hydrogens (tertiary/aromatic N) is 5. The second-order valence-corrected chi connectivity index (χ2v) is 8.70. The molecule has 0 bridgehead atoms. The second-order valence-electron chi connectivity index (χ2n) is 7.67. The van der Waals surface area contributed by atoms with Gasteiger partial charge in [0, 0.05) is 28.4 Å². The van der Waals surface area contributed by atoms with Crippen LogP contribution >= 0.6 is 11.3 Å². The maximum Gasteiger partial charge on any atom is 0.168 e. The summed E-state index contributed by atoms with van der Waals surface area (Å²) in [6, 6.07) is 16.2. The quantitative estimate of drug-likeness (QED) is 0.223.